The van der Waals surface area contributed by atoms with E-state index in [1.54, 1.807) is 28.0 Å². The van der Waals surface area contributed by atoms with Crippen LogP contribution in [0.4, 0.5) is 0 Å². The molecule has 2 N–H and O–H groups in total. The zero-order valence-electron chi connectivity index (χ0n) is 11.5. The van der Waals surface area contributed by atoms with Crippen LogP contribution in [-0.2, 0) is 6.54 Å². The molecular weight excluding hydrogens is 284 g/mol. The lowest BCUT2D eigenvalue weighted by molar-refractivity contribution is 0.1000. The van der Waals surface area contributed by atoms with Gasteiger partial charge in [0.05, 0.1) is 11.9 Å². The van der Waals surface area contributed by atoms with E-state index in [4.69, 9.17) is 5.73 Å². The number of fused-ring (bicyclic) bond motifs is 1. The number of hydrogen-bond donors (Lipinski definition) is 1. The van der Waals surface area contributed by atoms with Crippen LogP contribution < -0.4 is 11.3 Å². The molecule has 3 aromatic rings. The van der Waals surface area contributed by atoms with Gasteiger partial charge in [-0.2, -0.15) is 0 Å². The first-order valence-corrected chi connectivity index (χ1v) is 7.40. The summed E-state index contributed by atoms with van der Waals surface area (Å²) in [7, 11) is 0. The number of amides is 1. The second-order valence-electron chi connectivity index (χ2n) is 4.95. The molecule has 0 unspecified atom stereocenters. The van der Waals surface area contributed by atoms with Gasteiger partial charge in [-0.25, -0.2) is 0 Å². The topological polar surface area (TPSA) is 65.1 Å². The van der Waals surface area contributed by atoms with Crippen LogP contribution >= 0.6 is 11.3 Å². The fourth-order valence-electron chi connectivity index (χ4n) is 2.34. The predicted molar refractivity (Wildman–Crippen MR) is 84.9 cm³/mol. The van der Waals surface area contributed by atoms with Gasteiger partial charge in [-0.1, -0.05) is 6.07 Å². The standard InChI is InChI=1S/C16H14N2O2S/c1-10-8-11(15(17)19)2-3-12(10)9-18-6-4-14-13(16(18)20)5-7-21-14/h2-8H,9H2,1H3,(H2,17,19). The molecule has 1 aromatic carbocycles. The molecule has 0 aliphatic rings. The van der Waals surface area contributed by atoms with Crippen molar-refractivity contribution in [3.05, 3.63) is 69.0 Å². The number of carbonyl (C=O) groups excluding carboxylic acids is 1. The summed E-state index contributed by atoms with van der Waals surface area (Å²) >= 11 is 1.56. The van der Waals surface area contributed by atoms with Gasteiger partial charge < -0.3 is 10.3 Å². The molecule has 0 bridgehead atoms. The van der Waals surface area contributed by atoms with E-state index in [0.29, 0.717) is 12.1 Å². The van der Waals surface area contributed by atoms with Crippen LogP contribution in [0.15, 0.2) is 46.7 Å². The number of carbonyl (C=O) groups is 1. The first-order chi connectivity index (χ1) is 10.1. The van der Waals surface area contributed by atoms with Crippen molar-refractivity contribution >= 4 is 27.3 Å². The Morgan fingerprint density at radius 3 is 2.81 bits per heavy atom. The van der Waals surface area contributed by atoms with Crippen LogP contribution in [-0.4, -0.2) is 10.5 Å². The number of thiophene rings is 1. The highest BCUT2D eigenvalue weighted by Gasteiger charge is 2.07. The molecule has 4 nitrogen and oxygen atoms in total. The molecule has 2 aromatic heterocycles. The summed E-state index contributed by atoms with van der Waals surface area (Å²) in [5.74, 6) is -0.443. The molecule has 0 aliphatic carbocycles. The Balaban J connectivity index is 2.00. The Kier molecular flexibility index (Phi) is 3.35. The number of primary amides is 1. The number of aryl methyl sites for hydroxylation is 1. The molecule has 0 saturated carbocycles. The number of rotatable bonds is 3. The summed E-state index contributed by atoms with van der Waals surface area (Å²) in [5, 5.41) is 2.66. The Labute approximate surface area is 125 Å². The summed E-state index contributed by atoms with van der Waals surface area (Å²) in [4.78, 5) is 23.5. The Morgan fingerprint density at radius 2 is 2.10 bits per heavy atom. The Hall–Kier alpha value is -2.40. The number of pyridine rings is 1. The third kappa shape index (κ3) is 2.48. The highest BCUT2D eigenvalue weighted by Crippen LogP contribution is 2.17. The zero-order valence-corrected chi connectivity index (χ0v) is 12.3. The summed E-state index contributed by atoms with van der Waals surface area (Å²) < 4.78 is 2.68. The summed E-state index contributed by atoms with van der Waals surface area (Å²) in [6, 6.07) is 9.10. The van der Waals surface area contributed by atoms with E-state index in [1.165, 1.54) is 0 Å². The monoisotopic (exact) mass is 298 g/mol. The summed E-state index contributed by atoms with van der Waals surface area (Å²) in [6.07, 6.45) is 1.81. The molecule has 106 valence electrons. The van der Waals surface area contributed by atoms with Crippen molar-refractivity contribution in [2.45, 2.75) is 13.5 Å². The molecule has 21 heavy (non-hydrogen) atoms. The number of aromatic nitrogens is 1. The fraction of sp³-hybridized carbons (Fsp3) is 0.125. The van der Waals surface area contributed by atoms with E-state index >= 15 is 0 Å². The molecular formula is C16H14N2O2S. The van der Waals surface area contributed by atoms with Crippen molar-refractivity contribution in [3.8, 4) is 0 Å². The summed E-state index contributed by atoms with van der Waals surface area (Å²) in [5.41, 5.74) is 7.70. The van der Waals surface area contributed by atoms with Crippen LogP contribution in [0.3, 0.4) is 0 Å². The lowest BCUT2D eigenvalue weighted by atomic mass is 10.0. The van der Waals surface area contributed by atoms with E-state index in [1.807, 2.05) is 36.7 Å². The van der Waals surface area contributed by atoms with E-state index < -0.39 is 5.91 Å². The van der Waals surface area contributed by atoms with E-state index in [9.17, 15) is 9.59 Å². The van der Waals surface area contributed by atoms with Crippen LogP contribution in [0.25, 0.3) is 10.1 Å². The molecule has 0 aliphatic heterocycles. The van der Waals surface area contributed by atoms with Gasteiger partial charge in [-0.3, -0.25) is 9.59 Å². The van der Waals surface area contributed by atoms with Crippen molar-refractivity contribution < 1.29 is 4.79 Å². The molecule has 5 heteroatoms. The molecule has 2 heterocycles. The largest absolute Gasteiger partial charge is 0.366 e. The van der Waals surface area contributed by atoms with E-state index in [0.717, 1.165) is 21.2 Å². The van der Waals surface area contributed by atoms with Crippen molar-refractivity contribution in [2.24, 2.45) is 5.73 Å². The molecule has 0 atom stereocenters. The van der Waals surface area contributed by atoms with Crippen molar-refractivity contribution in [2.75, 3.05) is 0 Å². The predicted octanol–water partition coefficient (Wildman–Crippen LogP) is 2.52. The Bertz CT molecular complexity index is 893. The van der Waals surface area contributed by atoms with Gasteiger partial charge in [0.1, 0.15) is 0 Å². The lowest BCUT2D eigenvalue weighted by Gasteiger charge is -2.10. The zero-order chi connectivity index (χ0) is 15.0. The average Bonchev–Trinajstić information content (AvgIpc) is 2.93. The first kappa shape index (κ1) is 13.6. The number of benzene rings is 1. The average molecular weight is 298 g/mol. The van der Waals surface area contributed by atoms with E-state index in [-0.39, 0.29) is 5.56 Å². The Morgan fingerprint density at radius 1 is 1.29 bits per heavy atom. The van der Waals surface area contributed by atoms with Crippen LogP contribution in [0.1, 0.15) is 21.5 Å². The quantitative estimate of drug-likeness (QED) is 0.807. The SMILES string of the molecule is Cc1cc(C(N)=O)ccc1Cn1ccc2sccc2c1=O. The van der Waals surface area contributed by atoms with Gasteiger partial charge in [0.15, 0.2) is 0 Å². The maximum Gasteiger partial charge on any atom is 0.259 e. The normalized spacial score (nSPS) is 10.9. The van der Waals surface area contributed by atoms with E-state index in [2.05, 4.69) is 0 Å². The highest BCUT2D eigenvalue weighted by molar-refractivity contribution is 7.17. The van der Waals surface area contributed by atoms with Crippen LogP contribution in [0.2, 0.25) is 0 Å². The third-order valence-corrected chi connectivity index (χ3v) is 4.44. The van der Waals surface area contributed by atoms with Crippen LogP contribution in [0, 0.1) is 6.92 Å². The minimum absolute atomic E-state index is 0.00660. The van der Waals surface area contributed by atoms with Crippen LogP contribution in [0.5, 0.6) is 0 Å². The number of nitrogens with two attached hydrogens (primary N) is 1. The minimum Gasteiger partial charge on any atom is -0.366 e. The van der Waals surface area contributed by atoms with Gasteiger partial charge in [0.2, 0.25) is 5.91 Å². The highest BCUT2D eigenvalue weighted by atomic mass is 32.1. The smallest absolute Gasteiger partial charge is 0.259 e. The minimum atomic E-state index is -0.443. The second-order valence-corrected chi connectivity index (χ2v) is 5.90. The van der Waals surface area contributed by atoms with Crippen molar-refractivity contribution in [3.63, 3.8) is 0 Å². The number of hydrogen-bond acceptors (Lipinski definition) is 3. The van der Waals surface area contributed by atoms with Gasteiger partial charge in [0, 0.05) is 16.5 Å². The first-order valence-electron chi connectivity index (χ1n) is 6.52. The van der Waals surface area contributed by atoms with Gasteiger partial charge in [-0.05, 0) is 47.7 Å². The maximum absolute atomic E-state index is 12.4. The van der Waals surface area contributed by atoms with Gasteiger partial charge >= 0.3 is 0 Å². The molecule has 0 spiro atoms. The number of nitrogens with zero attached hydrogens (tertiary/aromatic N) is 1. The second kappa shape index (κ2) is 5.18. The van der Waals surface area contributed by atoms with Crippen molar-refractivity contribution in [1.82, 2.24) is 4.57 Å². The van der Waals surface area contributed by atoms with Gasteiger partial charge in [0.25, 0.3) is 5.56 Å². The molecule has 3 rings (SSSR count). The molecule has 1 amide bonds. The lowest BCUT2D eigenvalue weighted by Crippen LogP contribution is -2.20. The molecule has 0 fully saturated rings. The van der Waals surface area contributed by atoms with Gasteiger partial charge in [-0.15, -0.1) is 11.3 Å². The molecule has 0 saturated heterocycles. The maximum atomic E-state index is 12.4. The third-order valence-electron chi connectivity index (χ3n) is 3.56. The summed E-state index contributed by atoms with van der Waals surface area (Å²) in [6.45, 7) is 2.39. The fourth-order valence-corrected chi connectivity index (χ4v) is 3.11. The molecule has 0 radical (unpaired) electrons. The van der Waals surface area contributed by atoms with Crippen molar-refractivity contribution in [1.29, 1.82) is 0 Å².